The normalized spacial score (nSPS) is 11.0. The van der Waals surface area contributed by atoms with E-state index in [0.717, 1.165) is 22.0 Å². The first-order valence-electron chi connectivity index (χ1n) is 9.77. The Bertz CT molecular complexity index is 1300. The van der Waals surface area contributed by atoms with E-state index in [1.807, 2.05) is 12.1 Å². The molecule has 0 bridgehead atoms. The number of methoxy groups -OCH3 is 2. The molecule has 0 radical (unpaired) electrons. The molecule has 1 amide bonds. The number of nitrogens with zero attached hydrogens (tertiary/aromatic N) is 1. The number of esters is 1. The van der Waals surface area contributed by atoms with Gasteiger partial charge in [0.05, 0.1) is 25.1 Å². The molecule has 3 aromatic rings. The zero-order valence-electron chi connectivity index (χ0n) is 17.9. The molecule has 0 saturated heterocycles. The summed E-state index contributed by atoms with van der Waals surface area (Å²) in [5.41, 5.74) is 0.955. The minimum atomic E-state index is -0.614. The Morgan fingerprint density at radius 2 is 1.84 bits per heavy atom. The van der Waals surface area contributed by atoms with Gasteiger partial charge in [-0.2, -0.15) is 0 Å². The number of rotatable bonds is 7. The molecule has 0 aliphatic heterocycles. The van der Waals surface area contributed by atoms with Crippen LogP contribution in [0.25, 0.3) is 10.9 Å². The van der Waals surface area contributed by atoms with Crippen LogP contribution in [0.4, 0.5) is 0 Å². The highest BCUT2D eigenvalue weighted by molar-refractivity contribution is 5.98. The Morgan fingerprint density at radius 3 is 2.50 bits per heavy atom. The van der Waals surface area contributed by atoms with Gasteiger partial charge in [0.1, 0.15) is 5.75 Å². The number of fused-ring (bicyclic) bond motifs is 1. The average Bonchev–Trinajstić information content (AvgIpc) is 2.80. The fourth-order valence-corrected chi connectivity index (χ4v) is 3.18. The topological polar surface area (TPSA) is 119 Å². The van der Waals surface area contributed by atoms with Gasteiger partial charge in [-0.3, -0.25) is 14.2 Å². The number of nitrogens with one attached hydrogen (secondary N) is 2. The van der Waals surface area contributed by atoms with Crippen molar-refractivity contribution in [3.63, 3.8) is 0 Å². The summed E-state index contributed by atoms with van der Waals surface area (Å²) in [5, 5.41) is 3.02. The average molecular weight is 437 g/mol. The molecule has 9 heteroatoms. The number of hydrogen-bond donors (Lipinski definition) is 2. The molecular formula is C23H23N3O6. The fourth-order valence-electron chi connectivity index (χ4n) is 3.18. The van der Waals surface area contributed by atoms with Crippen molar-refractivity contribution in [1.82, 2.24) is 14.9 Å². The first-order chi connectivity index (χ1) is 15.3. The first-order valence-corrected chi connectivity index (χ1v) is 9.77. The second-order valence-electron chi connectivity index (χ2n) is 7.02. The van der Waals surface area contributed by atoms with Gasteiger partial charge in [0.2, 0.25) is 0 Å². The van der Waals surface area contributed by atoms with E-state index >= 15 is 0 Å². The van der Waals surface area contributed by atoms with E-state index < -0.39 is 17.2 Å². The lowest BCUT2D eigenvalue weighted by molar-refractivity contribution is -0.134. The Hall–Kier alpha value is -4.14. The predicted molar refractivity (Wildman–Crippen MR) is 119 cm³/mol. The molecule has 0 aliphatic rings. The minimum Gasteiger partial charge on any atom is -0.497 e. The van der Waals surface area contributed by atoms with Crippen LogP contribution in [0.2, 0.25) is 0 Å². The van der Waals surface area contributed by atoms with Crippen LogP contribution in [0.15, 0.2) is 58.1 Å². The molecule has 1 aromatic heterocycles. The summed E-state index contributed by atoms with van der Waals surface area (Å²) in [6, 6.07) is 10.4. The Kier molecular flexibility index (Phi) is 6.89. The van der Waals surface area contributed by atoms with Crippen molar-refractivity contribution in [2.24, 2.45) is 0 Å². The number of carbonyl (C=O) groups excluding carboxylic acids is 2. The van der Waals surface area contributed by atoms with Crippen LogP contribution in [0.1, 0.15) is 21.5 Å². The number of aryl methyl sites for hydroxylation is 1. The number of allylic oxidation sites excluding steroid dienone is 1. The SMILES string of the molecule is COC(=O)C=CCn1c(=O)[nH]c2c(C)cc(C(=O)NCc3ccc(OC)cc3)cc2c1=O. The second kappa shape index (κ2) is 9.78. The fraction of sp³-hybridized carbons (Fsp3) is 0.217. The number of aromatic nitrogens is 2. The van der Waals surface area contributed by atoms with E-state index in [1.165, 1.54) is 19.3 Å². The summed E-state index contributed by atoms with van der Waals surface area (Å²) in [5.74, 6) is -0.229. The molecule has 0 saturated carbocycles. The summed E-state index contributed by atoms with van der Waals surface area (Å²) in [7, 11) is 2.81. The number of benzene rings is 2. The third-order valence-electron chi connectivity index (χ3n) is 4.91. The summed E-state index contributed by atoms with van der Waals surface area (Å²) < 4.78 is 10.6. The largest absolute Gasteiger partial charge is 0.497 e. The second-order valence-corrected chi connectivity index (χ2v) is 7.02. The molecular weight excluding hydrogens is 414 g/mol. The molecule has 1 heterocycles. The maximum atomic E-state index is 12.9. The van der Waals surface area contributed by atoms with E-state index in [4.69, 9.17) is 4.74 Å². The smallest absolute Gasteiger partial charge is 0.330 e. The first kappa shape index (κ1) is 22.5. The number of H-pyrrole nitrogens is 1. The van der Waals surface area contributed by atoms with Gasteiger partial charge in [0, 0.05) is 24.7 Å². The van der Waals surface area contributed by atoms with E-state index in [1.54, 1.807) is 32.2 Å². The Labute approximate surface area is 183 Å². The molecule has 32 heavy (non-hydrogen) atoms. The van der Waals surface area contributed by atoms with Gasteiger partial charge in [0.15, 0.2) is 0 Å². The zero-order chi connectivity index (χ0) is 23.3. The van der Waals surface area contributed by atoms with Gasteiger partial charge in [-0.1, -0.05) is 18.2 Å². The monoisotopic (exact) mass is 437 g/mol. The summed E-state index contributed by atoms with van der Waals surface area (Å²) in [6.07, 6.45) is 2.48. The van der Waals surface area contributed by atoms with E-state index in [9.17, 15) is 19.2 Å². The van der Waals surface area contributed by atoms with Crippen LogP contribution in [0.5, 0.6) is 5.75 Å². The van der Waals surface area contributed by atoms with Crippen molar-refractivity contribution < 1.29 is 19.1 Å². The molecule has 166 valence electrons. The van der Waals surface area contributed by atoms with Crippen molar-refractivity contribution in [3.05, 3.63) is 86.1 Å². The maximum absolute atomic E-state index is 12.9. The van der Waals surface area contributed by atoms with Gasteiger partial charge in [-0.05, 0) is 42.3 Å². The molecule has 0 unspecified atom stereocenters. The summed E-state index contributed by atoms with van der Waals surface area (Å²) in [6.45, 7) is 1.89. The molecule has 2 aromatic carbocycles. The standard InChI is InChI=1S/C23H23N3O6/c1-14-11-16(21(28)24-13-15-6-8-17(31-2)9-7-15)12-18-20(14)25-23(30)26(22(18)29)10-4-5-19(27)32-3/h4-9,11-12H,10,13H2,1-3H3,(H,24,28)(H,25,30). The highest BCUT2D eigenvalue weighted by Crippen LogP contribution is 2.16. The number of hydrogen-bond acceptors (Lipinski definition) is 6. The Balaban J connectivity index is 1.88. The predicted octanol–water partition coefficient (Wildman–Crippen LogP) is 1.67. The molecule has 9 nitrogen and oxygen atoms in total. The number of aromatic amines is 1. The summed E-state index contributed by atoms with van der Waals surface area (Å²) in [4.78, 5) is 51.8. The number of ether oxygens (including phenoxy) is 2. The number of carbonyl (C=O) groups is 2. The van der Waals surface area contributed by atoms with Crippen LogP contribution >= 0.6 is 0 Å². The van der Waals surface area contributed by atoms with Crippen molar-refractivity contribution in [3.8, 4) is 5.75 Å². The molecule has 0 fully saturated rings. The Morgan fingerprint density at radius 1 is 1.12 bits per heavy atom. The van der Waals surface area contributed by atoms with Gasteiger partial charge in [-0.15, -0.1) is 0 Å². The molecule has 0 aliphatic carbocycles. The third-order valence-corrected chi connectivity index (χ3v) is 4.91. The minimum absolute atomic E-state index is 0.119. The number of amides is 1. The zero-order valence-corrected chi connectivity index (χ0v) is 17.9. The van der Waals surface area contributed by atoms with E-state index in [2.05, 4.69) is 15.0 Å². The van der Waals surface area contributed by atoms with E-state index in [0.29, 0.717) is 23.2 Å². The quantitative estimate of drug-likeness (QED) is 0.429. The molecule has 2 N–H and O–H groups in total. The third kappa shape index (κ3) is 4.94. The van der Waals surface area contributed by atoms with Crippen molar-refractivity contribution >= 4 is 22.8 Å². The summed E-state index contributed by atoms with van der Waals surface area (Å²) >= 11 is 0. The van der Waals surface area contributed by atoms with Crippen molar-refractivity contribution in [2.75, 3.05) is 14.2 Å². The van der Waals surface area contributed by atoms with Gasteiger partial charge in [0.25, 0.3) is 11.5 Å². The lowest BCUT2D eigenvalue weighted by atomic mass is 10.1. The van der Waals surface area contributed by atoms with Crippen LogP contribution in [0, 0.1) is 6.92 Å². The van der Waals surface area contributed by atoms with Crippen LogP contribution in [0.3, 0.4) is 0 Å². The maximum Gasteiger partial charge on any atom is 0.330 e. The van der Waals surface area contributed by atoms with Gasteiger partial charge < -0.3 is 19.8 Å². The molecule has 3 rings (SSSR count). The highest BCUT2D eigenvalue weighted by atomic mass is 16.5. The lowest BCUT2D eigenvalue weighted by Crippen LogP contribution is -2.35. The lowest BCUT2D eigenvalue weighted by Gasteiger charge is -2.10. The van der Waals surface area contributed by atoms with E-state index in [-0.39, 0.29) is 17.8 Å². The van der Waals surface area contributed by atoms with Crippen LogP contribution in [-0.4, -0.2) is 35.6 Å². The van der Waals surface area contributed by atoms with Crippen molar-refractivity contribution in [2.45, 2.75) is 20.0 Å². The van der Waals surface area contributed by atoms with Gasteiger partial charge >= 0.3 is 11.7 Å². The van der Waals surface area contributed by atoms with Crippen LogP contribution in [-0.2, 0) is 22.6 Å². The van der Waals surface area contributed by atoms with Crippen LogP contribution < -0.4 is 21.3 Å². The van der Waals surface area contributed by atoms with Crippen molar-refractivity contribution in [1.29, 1.82) is 0 Å². The molecule has 0 atom stereocenters. The van der Waals surface area contributed by atoms with Gasteiger partial charge in [-0.25, -0.2) is 9.59 Å². The highest BCUT2D eigenvalue weighted by Gasteiger charge is 2.14. The molecule has 0 spiro atoms.